The molecule has 2 aliphatic carbocycles. The summed E-state index contributed by atoms with van der Waals surface area (Å²) in [6.07, 6.45) is 4.83. The summed E-state index contributed by atoms with van der Waals surface area (Å²) in [4.78, 5) is 17.9. The van der Waals surface area contributed by atoms with Crippen LogP contribution in [0.5, 0.6) is 0 Å². The van der Waals surface area contributed by atoms with Gasteiger partial charge < -0.3 is 4.90 Å². The van der Waals surface area contributed by atoms with E-state index in [1.807, 2.05) is 7.05 Å². The molecule has 0 saturated heterocycles. The number of nitrogens with one attached hydrogen (secondary N) is 1. The summed E-state index contributed by atoms with van der Waals surface area (Å²) in [5.41, 5.74) is 0. The first-order valence-electron chi connectivity index (χ1n) is 5.92. The lowest BCUT2D eigenvalue weighted by Gasteiger charge is -2.13. The average molecular weight is 220 g/mol. The third-order valence-corrected chi connectivity index (χ3v) is 3.23. The molecule has 0 aliphatic heterocycles. The second-order valence-corrected chi connectivity index (χ2v) is 4.95. The van der Waals surface area contributed by atoms with Crippen LogP contribution in [-0.4, -0.2) is 39.6 Å². The highest BCUT2D eigenvalue weighted by Crippen LogP contribution is 2.37. The zero-order valence-corrected chi connectivity index (χ0v) is 9.44. The zero-order valence-electron chi connectivity index (χ0n) is 9.44. The Morgan fingerprint density at radius 3 is 2.81 bits per heavy atom. The van der Waals surface area contributed by atoms with Crippen molar-refractivity contribution in [1.82, 2.24) is 20.1 Å². The highest BCUT2D eigenvalue weighted by Gasteiger charge is 2.30. The van der Waals surface area contributed by atoms with Gasteiger partial charge in [-0.3, -0.25) is 9.89 Å². The van der Waals surface area contributed by atoms with E-state index in [-0.39, 0.29) is 5.91 Å². The van der Waals surface area contributed by atoms with Crippen molar-refractivity contribution in [2.75, 3.05) is 13.6 Å². The second-order valence-electron chi connectivity index (χ2n) is 4.95. The number of hydrogen-bond acceptors (Lipinski definition) is 3. The summed E-state index contributed by atoms with van der Waals surface area (Å²) < 4.78 is 0. The van der Waals surface area contributed by atoms with Gasteiger partial charge in [-0.15, -0.1) is 5.10 Å². The van der Waals surface area contributed by atoms with Crippen molar-refractivity contribution >= 4 is 5.91 Å². The molecule has 2 aliphatic rings. The Morgan fingerprint density at radius 2 is 2.19 bits per heavy atom. The summed E-state index contributed by atoms with van der Waals surface area (Å²) >= 11 is 0. The number of H-pyrrole nitrogens is 1. The summed E-state index contributed by atoms with van der Waals surface area (Å²) in [6.45, 7) is 0.839. The third kappa shape index (κ3) is 1.94. The molecular formula is C11H16N4O. The maximum atomic E-state index is 11.9. The van der Waals surface area contributed by atoms with Crippen molar-refractivity contribution in [3.8, 4) is 0 Å². The first-order valence-corrected chi connectivity index (χ1v) is 5.92. The Hall–Kier alpha value is -1.39. The summed E-state index contributed by atoms with van der Waals surface area (Å²) in [5, 5.41) is 6.86. The molecule has 0 atom stereocenters. The number of aromatic nitrogens is 3. The van der Waals surface area contributed by atoms with Gasteiger partial charge in [0.25, 0.3) is 5.91 Å². The van der Waals surface area contributed by atoms with Gasteiger partial charge in [0, 0.05) is 19.5 Å². The number of carbonyl (C=O) groups is 1. The molecule has 1 aromatic rings. The van der Waals surface area contributed by atoms with E-state index in [1.54, 1.807) is 4.90 Å². The first-order chi connectivity index (χ1) is 7.74. The van der Waals surface area contributed by atoms with Gasteiger partial charge in [-0.1, -0.05) is 0 Å². The van der Waals surface area contributed by atoms with Crippen LogP contribution in [0.2, 0.25) is 0 Å². The van der Waals surface area contributed by atoms with Crippen molar-refractivity contribution in [2.45, 2.75) is 31.6 Å². The van der Waals surface area contributed by atoms with E-state index in [1.165, 1.54) is 25.7 Å². The largest absolute Gasteiger partial charge is 0.339 e. The molecular weight excluding hydrogens is 204 g/mol. The Kier molecular flexibility index (Phi) is 2.19. The Labute approximate surface area is 94.2 Å². The molecule has 0 aromatic carbocycles. The quantitative estimate of drug-likeness (QED) is 0.828. The van der Waals surface area contributed by atoms with Crippen LogP contribution in [0, 0.1) is 5.92 Å². The van der Waals surface area contributed by atoms with E-state index in [9.17, 15) is 4.79 Å². The fourth-order valence-electron chi connectivity index (χ4n) is 1.85. The number of carbonyl (C=O) groups excluding carboxylic acids is 1. The monoisotopic (exact) mass is 220 g/mol. The Morgan fingerprint density at radius 1 is 1.44 bits per heavy atom. The van der Waals surface area contributed by atoms with E-state index in [0.29, 0.717) is 17.7 Å². The summed E-state index contributed by atoms with van der Waals surface area (Å²) in [6, 6.07) is 0. The van der Waals surface area contributed by atoms with Gasteiger partial charge in [0.2, 0.25) is 5.82 Å². The van der Waals surface area contributed by atoms with E-state index in [0.717, 1.165) is 12.4 Å². The molecule has 0 radical (unpaired) electrons. The van der Waals surface area contributed by atoms with Gasteiger partial charge in [0.05, 0.1) is 0 Å². The van der Waals surface area contributed by atoms with Gasteiger partial charge in [-0.2, -0.15) is 0 Å². The van der Waals surface area contributed by atoms with E-state index < -0.39 is 0 Å². The number of amides is 1. The molecule has 3 rings (SSSR count). The van der Waals surface area contributed by atoms with Crippen LogP contribution < -0.4 is 0 Å². The molecule has 1 amide bonds. The smallest absolute Gasteiger partial charge is 0.293 e. The van der Waals surface area contributed by atoms with Crippen molar-refractivity contribution < 1.29 is 4.79 Å². The van der Waals surface area contributed by atoms with E-state index in [2.05, 4.69) is 15.2 Å². The normalized spacial score (nSPS) is 19.8. The van der Waals surface area contributed by atoms with Crippen molar-refractivity contribution in [1.29, 1.82) is 0 Å². The highest BCUT2D eigenvalue weighted by molar-refractivity contribution is 5.90. The SMILES string of the molecule is CN(CC1CC1)C(=O)c1n[nH]c(C2CC2)n1. The van der Waals surface area contributed by atoms with Crippen LogP contribution >= 0.6 is 0 Å². The van der Waals surface area contributed by atoms with Crippen LogP contribution in [-0.2, 0) is 0 Å². The summed E-state index contributed by atoms with van der Waals surface area (Å²) in [5.74, 6) is 2.36. The molecule has 5 heteroatoms. The molecule has 2 saturated carbocycles. The van der Waals surface area contributed by atoms with Crippen LogP contribution in [0.4, 0.5) is 0 Å². The predicted molar refractivity (Wildman–Crippen MR) is 58.0 cm³/mol. The van der Waals surface area contributed by atoms with E-state index in [4.69, 9.17) is 0 Å². The maximum absolute atomic E-state index is 11.9. The Bertz CT molecular complexity index is 406. The number of rotatable bonds is 4. The molecule has 1 heterocycles. The first kappa shape index (κ1) is 9.81. The lowest BCUT2D eigenvalue weighted by molar-refractivity contribution is 0.0777. The molecule has 16 heavy (non-hydrogen) atoms. The molecule has 1 aromatic heterocycles. The van der Waals surface area contributed by atoms with Gasteiger partial charge in [-0.25, -0.2) is 4.98 Å². The minimum atomic E-state index is -0.0601. The van der Waals surface area contributed by atoms with Crippen LogP contribution in [0.3, 0.4) is 0 Å². The van der Waals surface area contributed by atoms with Gasteiger partial charge in [-0.05, 0) is 31.6 Å². The van der Waals surface area contributed by atoms with Crippen molar-refractivity contribution in [2.24, 2.45) is 5.92 Å². The maximum Gasteiger partial charge on any atom is 0.293 e. The van der Waals surface area contributed by atoms with Gasteiger partial charge >= 0.3 is 0 Å². The number of nitrogens with zero attached hydrogens (tertiary/aromatic N) is 3. The zero-order chi connectivity index (χ0) is 11.1. The highest BCUT2D eigenvalue weighted by atomic mass is 16.2. The fraction of sp³-hybridized carbons (Fsp3) is 0.727. The number of hydrogen-bond donors (Lipinski definition) is 1. The molecule has 5 nitrogen and oxygen atoms in total. The average Bonchev–Trinajstić information content (AvgIpc) is 3.19. The molecule has 2 fully saturated rings. The van der Waals surface area contributed by atoms with E-state index >= 15 is 0 Å². The fourth-order valence-corrected chi connectivity index (χ4v) is 1.85. The topological polar surface area (TPSA) is 61.9 Å². The van der Waals surface area contributed by atoms with Crippen LogP contribution in [0.25, 0.3) is 0 Å². The lowest BCUT2D eigenvalue weighted by Crippen LogP contribution is -2.29. The molecule has 0 unspecified atom stereocenters. The molecule has 86 valence electrons. The van der Waals surface area contributed by atoms with Crippen LogP contribution in [0.1, 0.15) is 48.0 Å². The van der Waals surface area contributed by atoms with Crippen molar-refractivity contribution in [3.05, 3.63) is 11.6 Å². The Balaban J connectivity index is 1.66. The minimum absolute atomic E-state index is 0.0601. The molecule has 1 N–H and O–H groups in total. The minimum Gasteiger partial charge on any atom is -0.339 e. The molecule has 0 bridgehead atoms. The standard InChI is InChI=1S/C11H16N4O/c1-15(6-7-2-3-7)11(16)10-12-9(13-14-10)8-4-5-8/h7-8H,2-6H2,1H3,(H,12,13,14). The van der Waals surface area contributed by atoms with Crippen molar-refractivity contribution in [3.63, 3.8) is 0 Å². The lowest BCUT2D eigenvalue weighted by atomic mass is 10.3. The van der Waals surface area contributed by atoms with Gasteiger partial charge in [0.1, 0.15) is 5.82 Å². The summed E-state index contributed by atoms with van der Waals surface area (Å²) in [7, 11) is 1.83. The third-order valence-electron chi connectivity index (χ3n) is 3.23. The van der Waals surface area contributed by atoms with Gasteiger partial charge in [0.15, 0.2) is 0 Å². The number of aromatic amines is 1. The molecule has 0 spiro atoms. The predicted octanol–water partition coefficient (Wildman–Crippen LogP) is 1.16. The van der Waals surface area contributed by atoms with Crippen LogP contribution in [0.15, 0.2) is 0 Å². The second kappa shape index (κ2) is 3.57.